The summed E-state index contributed by atoms with van der Waals surface area (Å²) >= 11 is 1.32. The lowest BCUT2D eigenvalue weighted by Gasteiger charge is -2.11. The van der Waals surface area contributed by atoms with Crippen LogP contribution in [-0.4, -0.2) is 55.4 Å². The molecule has 1 aliphatic rings. The summed E-state index contributed by atoms with van der Waals surface area (Å²) in [5.74, 6) is -2.61. The quantitative estimate of drug-likeness (QED) is 0.588. The Hall–Kier alpha value is -2.88. The Morgan fingerprint density at radius 3 is 2.32 bits per heavy atom. The van der Waals surface area contributed by atoms with Gasteiger partial charge in [0.2, 0.25) is 0 Å². The summed E-state index contributed by atoms with van der Waals surface area (Å²) in [6.07, 6.45) is 0. The van der Waals surface area contributed by atoms with E-state index in [1.54, 1.807) is 0 Å². The van der Waals surface area contributed by atoms with E-state index in [1.807, 2.05) is 0 Å². The maximum Gasteiger partial charge on any atom is 0.339 e. The highest BCUT2D eigenvalue weighted by Crippen LogP contribution is 2.20. The number of carbonyl (C=O) groups excluding carboxylic acids is 4. The summed E-state index contributed by atoms with van der Waals surface area (Å²) < 4.78 is 9.22. The fourth-order valence-electron chi connectivity index (χ4n) is 1.92. The zero-order valence-electron chi connectivity index (χ0n) is 13.5. The van der Waals surface area contributed by atoms with E-state index < -0.39 is 23.8 Å². The normalized spacial score (nSPS) is 12.8. The number of nitrogens with one attached hydrogen (secondary N) is 2. The van der Waals surface area contributed by atoms with Crippen molar-refractivity contribution in [2.45, 2.75) is 0 Å². The van der Waals surface area contributed by atoms with E-state index in [0.29, 0.717) is 11.7 Å². The molecule has 0 bridgehead atoms. The Labute approximate surface area is 147 Å². The SMILES string of the molecule is COC(=O)c1ccc(C(=O)OC)c(NC(=O)C(=O)NC2=NCCS2)c1. The van der Waals surface area contributed by atoms with Gasteiger partial charge in [0.25, 0.3) is 0 Å². The minimum atomic E-state index is -1.01. The summed E-state index contributed by atoms with van der Waals surface area (Å²) in [5.41, 5.74) is 0.0429. The summed E-state index contributed by atoms with van der Waals surface area (Å²) in [6.45, 7) is 0.565. The van der Waals surface area contributed by atoms with Gasteiger partial charge in [-0.05, 0) is 18.2 Å². The van der Waals surface area contributed by atoms with Crippen LogP contribution in [0, 0.1) is 0 Å². The number of hydrogen-bond acceptors (Lipinski definition) is 8. The molecule has 1 aromatic rings. The number of amides is 2. The van der Waals surface area contributed by atoms with E-state index >= 15 is 0 Å². The van der Waals surface area contributed by atoms with Gasteiger partial charge in [-0.1, -0.05) is 11.8 Å². The van der Waals surface area contributed by atoms with E-state index in [9.17, 15) is 19.2 Å². The van der Waals surface area contributed by atoms with Gasteiger partial charge in [-0.3, -0.25) is 19.9 Å². The third-order valence-electron chi connectivity index (χ3n) is 3.11. The number of thioether (sulfide) groups is 1. The van der Waals surface area contributed by atoms with E-state index in [-0.39, 0.29) is 16.8 Å². The third-order valence-corrected chi connectivity index (χ3v) is 4.00. The highest BCUT2D eigenvalue weighted by atomic mass is 32.2. The second-order valence-corrected chi connectivity index (χ2v) is 5.77. The first-order chi connectivity index (χ1) is 12.0. The average Bonchev–Trinajstić information content (AvgIpc) is 3.13. The van der Waals surface area contributed by atoms with Gasteiger partial charge in [0.05, 0.1) is 37.6 Å². The molecule has 9 nitrogen and oxygen atoms in total. The summed E-state index contributed by atoms with van der Waals surface area (Å²) in [5, 5.41) is 5.02. The van der Waals surface area contributed by atoms with Gasteiger partial charge in [-0.15, -0.1) is 0 Å². The predicted molar refractivity (Wildman–Crippen MR) is 90.7 cm³/mol. The molecule has 1 aromatic carbocycles. The number of ether oxygens (including phenoxy) is 2. The van der Waals surface area contributed by atoms with E-state index in [2.05, 4.69) is 25.1 Å². The average molecular weight is 365 g/mol. The first-order valence-electron chi connectivity index (χ1n) is 7.06. The lowest BCUT2D eigenvalue weighted by atomic mass is 10.1. The topological polar surface area (TPSA) is 123 Å². The molecule has 2 N–H and O–H groups in total. The number of carbonyl (C=O) groups is 4. The molecule has 0 aromatic heterocycles. The van der Waals surface area contributed by atoms with Crippen LogP contribution in [0.5, 0.6) is 0 Å². The molecule has 1 heterocycles. The number of amidine groups is 1. The predicted octanol–water partition coefficient (Wildman–Crippen LogP) is 0.417. The zero-order valence-corrected chi connectivity index (χ0v) is 14.3. The number of benzene rings is 1. The van der Waals surface area contributed by atoms with Crippen molar-refractivity contribution in [1.29, 1.82) is 0 Å². The molecule has 25 heavy (non-hydrogen) atoms. The fourth-order valence-corrected chi connectivity index (χ4v) is 2.65. The van der Waals surface area contributed by atoms with Crippen LogP contribution in [0.1, 0.15) is 20.7 Å². The molecule has 0 atom stereocenters. The Balaban J connectivity index is 2.22. The van der Waals surface area contributed by atoms with Crippen molar-refractivity contribution in [2.75, 3.05) is 31.8 Å². The van der Waals surface area contributed by atoms with E-state index in [0.717, 1.165) is 5.75 Å². The van der Waals surface area contributed by atoms with E-state index in [4.69, 9.17) is 0 Å². The van der Waals surface area contributed by atoms with Gasteiger partial charge >= 0.3 is 23.8 Å². The maximum absolute atomic E-state index is 12.1. The minimum absolute atomic E-state index is 0.0103. The van der Waals surface area contributed by atoms with Crippen molar-refractivity contribution in [3.05, 3.63) is 29.3 Å². The molecule has 0 saturated heterocycles. The lowest BCUT2D eigenvalue weighted by Crippen LogP contribution is -2.38. The Morgan fingerprint density at radius 1 is 1.04 bits per heavy atom. The monoisotopic (exact) mass is 365 g/mol. The highest BCUT2D eigenvalue weighted by molar-refractivity contribution is 8.14. The Bertz CT molecular complexity index is 762. The Kier molecular flexibility index (Phi) is 6.12. The molecule has 2 amide bonds. The number of esters is 2. The first-order valence-corrected chi connectivity index (χ1v) is 8.05. The number of aliphatic imine (C=N–C) groups is 1. The van der Waals surface area contributed by atoms with Crippen LogP contribution in [0.2, 0.25) is 0 Å². The molecule has 2 rings (SSSR count). The van der Waals surface area contributed by atoms with Crippen LogP contribution < -0.4 is 10.6 Å². The van der Waals surface area contributed by atoms with Crippen molar-refractivity contribution in [3.8, 4) is 0 Å². The fraction of sp³-hybridized carbons (Fsp3) is 0.267. The first kappa shape index (κ1) is 18.5. The van der Waals surface area contributed by atoms with E-state index in [1.165, 1.54) is 44.2 Å². The summed E-state index contributed by atoms with van der Waals surface area (Å²) in [6, 6.07) is 3.87. The second kappa shape index (κ2) is 8.29. The van der Waals surface area contributed by atoms with Crippen molar-refractivity contribution >= 4 is 46.4 Å². The number of nitrogens with zero attached hydrogens (tertiary/aromatic N) is 1. The minimum Gasteiger partial charge on any atom is -0.465 e. The lowest BCUT2D eigenvalue weighted by molar-refractivity contribution is -0.135. The van der Waals surface area contributed by atoms with Crippen LogP contribution in [0.15, 0.2) is 23.2 Å². The van der Waals surface area contributed by atoms with Gasteiger partial charge in [0, 0.05) is 5.75 Å². The molecule has 132 valence electrons. The highest BCUT2D eigenvalue weighted by Gasteiger charge is 2.22. The van der Waals surface area contributed by atoms with Gasteiger partial charge in [0.1, 0.15) is 0 Å². The number of hydrogen-bond donors (Lipinski definition) is 2. The van der Waals surface area contributed by atoms with Crippen molar-refractivity contribution < 1.29 is 28.7 Å². The Morgan fingerprint density at radius 2 is 1.72 bits per heavy atom. The number of rotatable bonds is 3. The smallest absolute Gasteiger partial charge is 0.339 e. The third kappa shape index (κ3) is 4.57. The van der Waals surface area contributed by atoms with Crippen LogP contribution in [0.3, 0.4) is 0 Å². The van der Waals surface area contributed by atoms with Gasteiger partial charge in [0.15, 0.2) is 5.17 Å². The molecule has 0 fully saturated rings. The van der Waals surface area contributed by atoms with Crippen molar-refractivity contribution in [3.63, 3.8) is 0 Å². The standard InChI is InChI=1S/C15H15N3O6S/c1-23-13(21)8-3-4-9(14(22)24-2)10(7-8)17-11(19)12(20)18-15-16-5-6-25-15/h3-4,7H,5-6H2,1-2H3,(H,17,19)(H,16,18,20). The summed E-state index contributed by atoms with van der Waals surface area (Å²) in [7, 11) is 2.37. The van der Waals surface area contributed by atoms with Crippen LogP contribution >= 0.6 is 11.8 Å². The largest absolute Gasteiger partial charge is 0.465 e. The van der Waals surface area contributed by atoms with Crippen LogP contribution in [0.4, 0.5) is 5.69 Å². The molecule has 1 aliphatic heterocycles. The molecule has 0 saturated carbocycles. The molecular formula is C15H15N3O6S. The maximum atomic E-state index is 12.1. The molecular weight excluding hydrogens is 350 g/mol. The number of anilines is 1. The van der Waals surface area contributed by atoms with Crippen LogP contribution in [0.25, 0.3) is 0 Å². The van der Waals surface area contributed by atoms with Gasteiger partial charge in [-0.25, -0.2) is 9.59 Å². The number of methoxy groups -OCH3 is 2. The van der Waals surface area contributed by atoms with Crippen molar-refractivity contribution in [2.24, 2.45) is 4.99 Å². The molecule has 10 heteroatoms. The van der Waals surface area contributed by atoms with Crippen molar-refractivity contribution in [1.82, 2.24) is 5.32 Å². The second-order valence-electron chi connectivity index (χ2n) is 4.69. The molecule has 0 spiro atoms. The van der Waals surface area contributed by atoms with Gasteiger partial charge in [-0.2, -0.15) is 0 Å². The van der Waals surface area contributed by atoms with Crippen LogP contribution in [-0.2, 0) is 19.1 Å². The summed E-state index contributed by atoms with van der Waals surface area (Å²) in [4.78, 5) is 51.4. The molecule has 0 aliphatic carbocycles. The zero-order chi connectivity index (χ0) is 18.4. The van der Waals surface area contributed by atoms with Gasteiger partial charge < -0.3 is 14.8 Å². The molecule has 0 unspecified atom stereocenters. The molecule has 0 radical (unpaired) electrons.